The number of thiazole rings is 1. The zero-order valence-electron chi connectivity index (χ0n) is 15.0. The molecule has 2 aromatic carbocycles. The van der Waals surface area contributed by atoms with E-state index in [1.54, 1.807) is 6.07 Å². The number of amides is 1. The van der Waals surface area contributed by atoms with E-state index in [0.29, 0.717) is 17.5 Å². The molecule has 0 radical (unpaired) electrons. The smallest absolute Gasteiger partial charge is 0.264 e. The number of benzene rings is 2. The van der Waals surface area contributed by atoms with Crippen LogP contribution in [-0.2, 0) is 4.79 Å². The number of rotatable bonds is 7. The molecule has 1 amide bonds. The predicted octanol–water partition coefficient (Wildman–Crippen LogP) is 5.30. The third-order valence-corrected chi connectivity index (χ3v) is 5.22. The Morgan fingerprint density at radius 2 is 1.89 bits per heavy atom. The lowest BCUT2D eigenvalue weighted by atomic mass is 10.1. The van der Waals surface area contributed by atoms with Crippen LogP contribution in [-0.4, -0.2) is 24.1 Å². The number of para-hydroxylation sites is 1. The first-order valence-corrected chi connectivity index (χ1v) is 10.1. The van der Waals surface area contributed by atoms with Gasteiger partial charge in [0, 0.05) is 10.4 Å². The van der Waals surface area contributed by atoms with Crippen molar-refractivity contribution in [3.63, 3.8) is 0 Å². The Bertz CT molecular complexity index is 925. The number of ether oxygens (including phenoxy) is 2. The van der Waals surface area contributed by atoms with Crippen LogP contribution in [0.4, 0.5) is 5.13 Å². The van der Waals surface area contributed by atoms with Gasteiger partial charge in [-0.1, -0.05) is 12.1 Å². The highest BCUT2D eigenvalue weighted by Gasteiger charge is 2.13. The van der Waals surface area contributed by atoms with Crippen molar-refractivity contribution >= 4 is 38.3 Å². The molecule has 1 heterocycles. The van der Waals surface area contributed by atoms with Crippen molar-refractivity contribution in [2.45, 2.75) is 13.8 Å². The minimum atomic E-state index is -0.252. The zero-order chi connectivity index (χ0) is 19.2. The van der Waals surface area contributed by atoms with Crippen LogP contribution in [0.3, 0.4) is 0 Å². The van der Waals surface area contributed by atoms with Crippen LogP contribution in [0.1, 0.15) is 11.8 Å². The number of nitrogens with one attached hydrogen (secondary N) is 1. The molecule has 0 aliphatic rings. The fourth-order valence-corrected chi connectivity index (χ4v) is 3.71. The van der Waals surface area contributed by atoms with Gasteiger partial charge in [-0.3, -0.25) is 10.1 Å². The second-order valence-corrected chi connectivity index (χ2v) is 7.71. The lowest BCUT2D eigenvalue weighted by molar-refractivity contribution is -0.118. The van der Waals surface area contributed by atoms with Crippen molar-refractivity contribution in [3.8, 4) is 22.8 Å². The fraction of sp³-hybridized carbons (Fsp3) is 0.200. The molecule has 0 bridgehead atoms. The number of nitrogens with zero attached hydrogens (tertiary/aromatic N) is 1. The van der Waals surface area contributed by atoms with E-state index < -0.39 is 0 Å². The second kappa shape index (κ2) is 9.01. The third-order valence-electron chi connectivity index (χ3n) is 3.68. The molecular weight excluding hydrogens is 428 g/mol. The number of hydrogen-bond acceptors (Lipinski definition) is 5. The number of anilines is 1. The van der Waals surface area contributed by atoms with Gasteiger partial charge in [-0.2, -0.15) is 0 Å². The molecule has 1 aromatic heterocycles. The SMILES string of the molecule is CCOc1ccc(-c2nc(NC(=O)COc3ccccc3Br)sc2C)cc1. The lowest BCUT2D eigenvalue weighted by Gasteiger charge is -2.07. The Balaban J connectivity index is 1.63. The summed E-state index contributed by atoms with van der Waals surface area (Å²) in [5, 5.41) is 3.35. The molecule has 0 spiro atoms. The van der Waals surface area contributed by atoms with E-state index in [-0.39, 0.29) is 12.5 Å². The number of halogens is 1. The summed E-state index contributed by atoms with van der Waals surface area (Å²) in [4.78, 5) is 17.7. The zero-order valence-corrected chi connectivity index (χ0v) is 17.4. The molecule has 0 aliphatic carbocycles. The topological polar surface area (TPSA) is 60.5 Å². The first kappa shape index (κ1) is 19.4. The maximum atomic E-state index is 12.2. The maximum absolute atomic E-state index is 12.2. The van der Waals surface area contributed by atoms with Crippen LogP contribution in [0.2, 0.25) is 0 Å². The van der Waals surface area contributed by atoms with Gasteiger partial charge in [-0.25, -0.2) is 4.98 Å². The first-order valence-electron chi connectivity index (χ1n) is 8.44. The maximum Gasteiger partial charge on any atom is 0.264 e. The number of carbonyl (C=O) groups is 1. The molecule has 3 aromatic rings. The summed E-state index contributed by atoms with van der Waals surface area (Å²) in [7, 11) is 0. The molecular formula is C20H19BrN2O3S. The minimum Gasteiger partial charge on any atom is -0.494 e. The van der Waals surface area contributed by atoms with E-state index in [2.05, 4.69) is 26.2 Å². The van der Waals surface area contributed by atoms with Gasteiger partial charge in [0.25, 0.3) is 5.91 Å². The average Bonchev–Trinajstić information content (AvgIpc) is 3.02. The summed E-state index contributed by atoms with van der Waals surface area (Å²) in [5.41, 5.74) is 1.84. The van der Waals surface area contributed by atoms with Gasteiger partial charge >= 0.3 is 0 Å². The van der Waals surface area contributed by atoms with E-state index in [1.807, 2.05) is 56.3 Å². The Morgan fingerprint density at radius 1 is 1.15 bits per heavy atom. The van der Waals surface area contributed by atoms with E-state index in [0.717, 1.165) is 26.4 Å². The largest absolute Gasteiger partial charge is 0.494 e. The van der Waals surface area contributed by atoms with Crippen molar-refractivity contribution in [1.29, 1.82) is 0 Å². The summed E-state index contributed by atoms with van der Waals surface area (Å²) >= 11 is 4.83. The van der Waals surface area contributed by atoms with Gasteiger partial charge in [0.1, 0.15) is 11.5 Å². The molecule has 3 rings (SSSR count). The van der Waals surface area contributed by atoms with E-state index in [1.165, 1.54) is 11.3 Å². The molecule has 1 N–H and O–H groups in total. The van der Waals surface area contributed by atoms with Crippen LogP contribution >= 0.6 is 27.3 Å². The second-order valence-electron chi connectivity index (χ2n) is 5.65. The molecule has 7 heteroatoms. The van der Waals surface area contributed by atoms with Crippen LogP contribution in [0, 0.1) is 6.92 Å². The van der Waals surface area contributed by atoms with Gasteiger partial charge in [-0.05, 0) is 66.2 Å². The average molecular weight is 447 g/mol. The number of aromatic nitrogens is 1. The molecule has 0 atom stereocenters. The summed E-state index contributed by atoms with van der Waals surface area (Å²) < 4.78 is 11.8. The first-order chi connectivity index (χ1) is 13.1. The van der Waals surface area contributed by atoms with Crippen LogP contribution in [0.15, 0.2) is 53.0 Å². The molecule has 27 heavy (non-hydrogen) atoms. The van der Waals surface area contributed by atoms with Crippen molar-refractivity contribution in [2.24, 2.45) is 0 Å². The normalized spacial score (nSPS) is 10.5. The molecule has 140 valence electrons. The Hall–Kier alpha value is -2.38. The van der Waals surface area contributed by atoms with Crippen LogP contribution < -0.4 is 14.8 Å². The highest BCUT2D eigenvalue weighted by atomic mass is 79.9. The number of hydrogen-bond donors (Lipinski definition) is 1. The number of carbonyl (C=O) groups excluding carboxylic acids is 1. The standard InChI is InChI=1S/C20H19BrN2O3S/c1-3-25-15-10-8-14(9-11-15)19-13(2)27-20(23-19)22-18(24)12-26-17-7-5-4-6-16(17)21/h4-11H,3,12H2,1-2H3,(H,22,23,24). The molecule has 0 unspecified atom stereocenters. The number of aryl methyl sites for hydroxylation is 1. The quantitative estimate of drug-likeness (QED) is 0.534. The highest BCUT2D eigenvalue weighted by molar-refractivity contribution is 9.10. The van der Waals surface area contributed by atoms with Crippen LogP contribution in [0.5, 0.6) is 11.5 Å². The Kier molecular flexibility index (Phi) is 6.47. The van der Waals surface area contributed by atoms with Gasteiger partial charge in [-0.15, -0.1) is 11.3 Å². The third kappa shape index (κ3) is 5.08. The highest BCUT2D eigenvalue weighted by Crippen LogP contribution is 2.31. The van der Waals surface area contributed by atoms with Gasteiger partial charge in [0.2, 0.25) is 0 Å². The van der Waals surface area contributed by atoms with Crippen LogP contribution in [0.25, 0.3) is 11.3 Å². The minimum absolute atomic E-state index is 0.0837. The molecule has 0 saturated carbocycles. The fourth-order valence-electron chi connectivity index (χ4n) is 2.45. The lowest BCUT2D eigenvalue weighted by Crippen LogP contribution is -2.20. The van der Waals surface area contributed by atoms with E-state index >= 15 is 0 Å². The Labute approximate surface area is 170 Å². The monoisotopic (exact) mass is 446 g/mol. The molecule has 0 fully saturated rings. The summed E-state index contributed by atoms with van der Waals surface area (Å²) in [6.07, 6.45) is 0. The van der Waals surface area contributed by atoms with Gasteiger partial charge in [0.15, 0.2) is 11.7 Å². The van der Waals surface area contributed by atoms with Crippen molar-refractivity contribution in [2.75, 3.05) is 18.5 Å². The molecule has 0 aliphatic heterocycles. The van der Waals surface area contributed by atoms with E-state index in [4.69, 9.17) is 9.47 Å². The van der Waals surface area contributed by atoms with Gasteiger partial charge < -0.3 is 9.47 Å². The van der Waals surface area contributed by atoms with E-state index in [9.17, 15) is 4.79 Å². The molecule has 5 nitrogen and oxygen atoms in total. The van der Waals surface area contributed by atoms with Crippen molar-refractivity contribution in [3.05, 3.63) is 57.9 Å². The summed E-state index contributed by atoms with van der Waals surface area (Å²) in [5.74, 6) is 1.20. The molecule has 0 saturated heterocycles. The van der Waals surface area contributed by atoms with Crippen molar-refractivity contribution in [1.82, 2.24) is 4.98 Å². The Morgan fingerprint density at radius 3 is 2.59 bits per heavy atom. The van der Waals surface area contributed by atoms with Crippen molar-refractivity contribution < 1.29 is 14.3 Å². The predicted molar refractivity (Wildman–Crippen MR) is 112 cm³/mol. The summed E-state index contributed by atoms with van der Waals surface area (Å²) in [6.45, 7) is 4.48. The summed E-state index contributed by atoms with van der Waals surface area (Å²) in [6, 6.07) is 15.2. The van der Waals surface area contributed by atoms with Gasteiger partial charge in [0.05, 0.1) is 16.8 Å².